The number of hydrogen-bond acceptors (Lipinski definition) is 0. The van der Waals surface area contributed by atoms with Gasteiger partial charge in [-0.2, -0.15) is 0 Å². The van der Waals surface area contributed by atoms with Crippen molar-refractivity contribution in [2.75, 3.05) is 0 Å². The largest absolute Gasteiger partial charge is 0.118 e. The molecular formula is C16H23Cl. The fourth-order valence-electron chi connectivity index (χ4n) is 3.15. The first-order valence-corrected chi connectivity index (χ1v) is 7.17. The summed E-state index contributed by atoms with van der Waals surface area (Å²) in [5, 5.41) is 0.219. The molecule has 2 rings (SSSR count). The molecule has 0 amide bonds. The highest BCUT2D eigenvalue weighted by molar-refractivity contribution is 6.21. The van der Waals surface area contributed by atoms with E-state index in [9.17, 15) is 0 Å². The van der Waals surface area contributed by atoms with Gasteiger partial charge >= 0.3 is 0 Å². The second-order valence-corrected chi connectivity index (χ2v) is 6.09. The van der Waals surface area contributed by atoms with Crippen molar-refractivity contribution in [1.82, 2.24) is 0 Å². The Bertz CT molecular complexity index is 388. The lowest BCUT2D eigenvalue weighted by molar-refractivity contribution is 0.525. The van der Waals surface area contributed by atoms with Gasteiger partial charge in [0.25, 0.3) is 0 Å². The number of hydrogen-bond donors (Lipinski definition) is 0. The molecule has 1 unspecified atom stereocenters. The smallest absolute Gasteiger partial charge is 0.0618 e. The average molecular weight is 251 g/mol. The summed E-state index contributed by atoms with van der Waals surface area (Å²) in [6.45, 7) is 8.84. The lowest BCUT2D eigenvalue weighted by Crippen LogP contribution is -2.09. The molecule has 0 nitrogen and oxygen atoms in total. The fourth-order valence-corrected chi connectivity index (χ4v) is 3.73. The molecule has 1 saturated carbocycles. The Morgan fingerprint density at radius 1 is 1.00 bits per heavy atom. The molecule has 1 aromatic rings. The molecule has 0 aliphatic heterocycles. The Balaban J connectivity index is 2.42. The lowest BCUT2D eigenvalue weighted by Gasteiger charge is -2.23. The number of aryl methyl sites for hydroxylation is 2. The summed E-state index contributed by atoms with van der Waals surface area (Å²) < 4.78 is 0. The predicted molar refractivity (Wildman–Crippen MR) is 75.9 cm³/mol. The van der Waals surface area contributed by atoms with Crippen LogP contribution in [0.25, 0.3) is 0 Å². The molecule has 0 spiro atoms. The summed E-state index contributed by atoms with van der Waals surface area (Å²) in [5.41, 5.74) is 6.98. The summed E-state index contributed by atoms with van der Waals surface area (Å²) in [6, 6.07) is 2.28. The highest BCUT2D eigenvalue weighted by Gasteiger charge is 2.27. The van der Waals surface area contributed by atoms with Crippen LogP contribution in [0.2, 0.25) is 0 Å². The quantitative estimate of drug-likeness (QED) is 0.618. The van der Waals surface area contributed by atoms with Crippen molar-refractivity contribution in [1.29, 1.82) is 0 Å². The third-order valence-corrected chi connectivity index (χ3v) is 5.09. The van der Waals surface area contributed by atoms with Crippen LogP contribution in [0.15, 0.2) is 6.07 Å². The van der Waals surface area contributed by atoms with Gasteiger partial charge < -0.3 is 0 Å². The molecule has 17 heavy (non-hydrogen) atoms. The Kier molecular flexibility index (Phi) is 3.82. The molecular weight excluding hydrogens is 228 g/mol. The van der Waals surface area contributed by atoms with Gasteiger partial charge in [0.05, 0.1) is 5.38 Å². The summed E-state index contributed by atoms with van der Waals surface area (Å²) >= 11 is 6.77. The minimum atomic E-state index is 0.219. The molecule has 1 fully saturated rings. The highest BCUT2D eigenvalue weighted by Crippen LogP contribution is 2.43. The molecule has 1 aromatic carbocycles. The molecule has 0 N–H and O–H groups in total. The third kappa shape index (κ3) is 2.38. The summed E-state index contributed by atoms with van der Waals surface area (Å²) in [6.07, 6.45) is 5.33. The van der Waals surface area contributed by atoms with Gasteiger partial charge in [-0.3, -0.25) is 0 Å². The van der Waals surface area contributed by atoms with Crippen molar-refractivity contribution >= 4 is 11.6 Å². The minimum Gasteiger partial charge on any atom is -0.118 e. The van der Waals surface area contributed by atoms with Crippen LogP contribution in [0.1, 0.15) is 58.9 Å². The zero-order valence-electron chi connectivity index (χ0n) is 11.4. The zero-order chi connectivity index (χ0) is 12.6. The Hall–Kier alpha value is -0.490. The van der Waals surface area contributed by atoms with Gasteiger partial charge in [0.2, 0.25) is 0 Å². The third-order valence-electron chi connectivity index (χ3n) is 4.51. The van der Waals surface area contributed by atoms with Crippen LogP contribution < -0.4 is 0 Å². The maximum Gasteiger partial charge on any atom is 0.0618 e. The van der Waals surface area contributed by atoms with Crippen LogP contribution in [0.5, 0.6) is 0 Å². The number of alkyl halides is 1. The first-order valence-electron chi connectivity index (χ1n) is 6.73. The zero-order valence-corrected chi connectivity index (χ0v) is 12.2. The van der Waals surface area contributed by atoms with Gasteiger partial charge in [0, 0.05) is 0 Å². The van der Waals surface area contributed by atoms with Gasteiger partial charge in [0.1, 0.15) is 0 Å². The monoisotopic (exact) mass is 250 g/mol. The molecule has 0 aromatic heterocycles. The summed E-state index contributed by atoms with van der Waals surface area (Å²) in [5.74, 6) is 0.690. The van der Waals surface area contributed by atoms with E-state index in [1.54, 1.807) is 0 Å². The lowest BCUT2D eigenvalue weighted by atomic mass is 9.87. The highest BCUT2D eigenvalue weighted by atomic mass is 35.5. The number of rotatable bonds is 2. The van der Waals surface area contributed by atoms with Crippen LogP contribution in [-0.2, 0) is 0 Å². The van der Waals surface area contributed by atoms with E-state index in [1.165, 1.54) is 53.5 Å². The van der Waals surface area contributed by atoms with E-state index in [1.807, 2.05) is 0 Å². The van der Waals surface area contributed by atoms with E-state index >= 15 is 0 Å². The van der Waals surface area contributed by atoms with Crippen LogP contribution >= 0.6 is 11.6 Å². The Labute approximate surface area is 110 Å². The predicted octanol–water partition coefficient (Wildman–Crippen LogP) is 5.39. The van der Waals surface area contributed by atoms with Crippen molar-refractivity contribution in [2.45, 2.75) is 58.8 Å². The van der Waals surface area contributed by atoms with Crippen LogP contribution in [-0.4, -0.2) is 0 Å². The average Bonchev–Trinajstić information content (AvgIpc) is 2.80. The molecule has 0 radical (unpaired) electrons. The van der Waals surface area contributed by atoms with E-state index in [2.05, 4.69) is 33.8 Å². The number of benzene rings is 1. The molecule has 1 aliphatic rings. The van der Waals surface area contributed by atoms with Crippen LogP contribution in [0, 0.1) is 33.6 Å². The molecule has 94 valence electrons. The van der Waals surface area contributed by atoms with Gasteiger partial charge in [-0.25, -0.2) is 0 Å². The van der Waals surface area contributed by atoms with Gasteiger partial charge in [-0.05, 0) is 74.3 Å². The van der Waals surface area contributed by atoms with Gasteiger partial charge in [-0.1, -0.05) is 18.9 Å². The number of halogens is 1. The Morgan fingerprint density at radius 3 is 1.94 bits per heavy atom. The standard InChI is InChI=1S/C16H23Cl/c1-10-9-11(2)13(4)15(12(10)3)16(17)14-7-5-6-8-14/h9,14,16H,5-8H2,1-4H3. The summed E-state index contributed by atoms with van der Waals surface area (Å²) in [7, 11) is 0. The van der Waals surface area contributed by atoms with Crippen LogP contribution in [0.4, 0.5) is 0 Å². The Morgan fingerprint density at radius 2 is 1.47 bits per heavy atom. The van der Waals surface area contributed by atoms with Crippen molar-refractivity contribution in [2.24, 2.45) is 5.92 Å². The molecule has 1 aliphatic carbocycles. The second-order valence-electron chi connectivity index (χ2n) is 5.62. The fraction of sp³-hybridized carbons (Fsp3) is 0.625. The maximum absolute atomic E-state index is 6.77. The molecule has 1 atom stereocenters. The maximum atomic E-state index is 6.77. The van der Waals surface area contributed by atoms with E-state index in [0.29, 0.717) is 5.92 Å². The topological polar surface area (TPSA) is 0 Å². The first kappa shape index (κ1) is 13.0. The van der Waals surface area contributed by atoms with Gasteiger partial charge in [-0.15, -0.1) is 11.6 Å². The van der Waals surface area contributed by atoms with E-state index in [0.717, 1.165) is 0 Å². The summed E-state index contributed by atoms with van der Waals surface area (Å²) in [4.78, 5) is 0. The van der Waals surface area contributed by atoms with E-state index in [-0.39, 0.29) is 5.38 Å². The van der Waals surface area contributed by atoms with E-state index in [4.69, 9.17) is 11.6 Å². The van der Waals surface area contributed by atoms with E-state index < -0.39 is 0 Å². The second kappa shape index (κ2) is 5.02. The molecule has 0 bridgehead atoms. The van der Waals surface area contributed by atoms with Crippen molar-refractivity contribution in [3.8, 4) is 0 Å². The van der Waals surface area contributed by atoms with Crippen molar-refractivity contribution in [3.63, 3.8) is 0 Å². The van der Waals surface area contributed by atoms with Crippen molar-refractivity contribution < 1.29 is 0 Å². The first-order chi connectivity index (χ1) is 8.02. The van der Waals surface area contributed by atoms with Crippen LogP contribution in [0.3, 0.4) is 0 Å². The van der Waals surface area contributed by atoms with Gasteiger partial charge in [0.15, 0.2) is 0 Å². The molecule has 0 saturated heterocycles. The van der Waals surface area contributed by atoms with Crippen molar-refractivity contribution in [3.05, 3.63) is 33.9 Å². The molecule has 1 heteroatoms. The SMILES string of the molecule is Cc1cc(C)c(C)c(C(Cl)C2CCCC2)c1C. The molecule has 0 heterocycles. The normalized spacial score (nSPS) is 18.6. The minimum absolute atomic E-state index is 0.219.